The molecular weight excluding hydrogens is 290 g/mol. The number of anilines is 1. The van der Waals surface area contributed by atoms with Gasteiger partial charge in [-0.25, -0.2) is 8.78 Å². The molecule has 1 aromatic heterocycles. The molecular formula is C16H14F2N2O2. The fourth-order valence-electron chi connectivity index (χ4n) is 2.67. The normalized spacial score (nSPS) is 13.5. The minimum absolute atomic E-state index is 0.136. The second kappa shape index (κ2) is 5.71. The molecule has 1 aromatic carbocycles. The Morgan fingerprint density at radius 3 is 2.55 bits per heavy atom. The summed E-state index contributed by atoms with van der Waals surface area (Å²) in [5.74, 6) is -2.59. The maximum atomic E-state index is 13.6. The summed E-state index contributed by atoms with van der Waals surface area (Å²) in [6.07, 6.45) is 4.58. The van der Waals surface area contributed by atoms with E-state index in [4.69, 9.17) is 0 Å². The summed E-state index contributed by atoms with van der Waals surface area (Å²) in [6.45, 7) is 0. The second-order valence-corrected chi connectivity index (χ2v) is 5.25. The molecule has 1 aliphatic carbocycles. The summed E-state index contributed by atoms with van der Waals surface area (Å²) in [6, 6.07) is 3.28. The van der Waals surface area contributed by atoms with Crippen molar-refractivity contribution in [3.05, 3.63) is 63.1 Å². The van der Waals surface area contributed by atoms with E-state index in [1.165, 1.54) is 12.3 Å². The Balaban J connectivity index is 1.95. The fourth-order valence-corrected chi connectivity index (χ4v) is 2.67. The molecule has 4 nitrogen and oxygen atoms in total. The lowest BCUT2D eigenvalue weighted by Gasteiger charge is -2.15. The van der Waals surface area contributed by atoms with Gasteiger partial charge < -0.3 is 10.3 Å². The number of carbonyl (C=O) groups is 1. The van der Waals surface area contributed by atoms with Crippen LogP contribution in [0.25, 0.3) is 0 Å². The van der Waals surface area contributed by atoms with Crippen LogP contribution in [0.5, 0.6) is 0 Å². The third-order valence-corrected chi connectivity index (χ3v) is 3.82. The Kier molecular flexibility index (Phi) is 3.75. The standard InChI is InChI=1S/C16H14F2N2O2/c17-11-5-3-6-12(18)14(11)20-16(22)10-8-19-13-7-2-1-4-9(13)15(10)21/h3,5-6,8H,1-2,4,7H2,(H,19,21)(H,20,22). The van der Waals surface area contributed by atoms with Crippen LogP contribution in [0.15, 0.2) is 29.2 Å². The molecule has 3 rings (SSSR count). The lowest BCUT2D eigenvalue weighted by atomic mass is 9.94. The molecule has 0 aliphatic heterocycles. The molecule has 1 amide bonds. The third kappa shape index (κ3) is 2.52. The number of benzene rings is 1. The SMILES string of the molecule is O=C(Nc1c(F)cccc1F)c1c[nH]c2c(c1=O)CCCC2. The van der Waals surface area contributed by atoms with Gasteiger partial charge >= 0.3 is 0 Å². The van der Waals surface area contributed by atoms with E-state index < -0.39 is 23.2 Å². The number of hydrogen-bond acceptors (Lipinski definition) is 2. The first-order valence-electron chi connectivity index (χ1n) is 7.06. The van der Waals surface area contributed by atoms with E-state index in [0.717, 1.165) is 37.1 Å². The second-order valence-electron chi connectivity index (χ2n) is 5.25. The van der Waals surface area contributed by atoms with Crippen LogP contribution in [-0.2, 0) is 12.8 Å². The van der Waals surface area contributed by atoms with Gasteiger partial charge in [-0.3, -0.25) is 9.59 Å². The number of carbonyl (C=O) groups excluding carboxylic acids is 1. The van der Waals surface area contributed by atoms with E-state index in [1.54, 1.807) is 0 Å². The maximum Gasteiger partial charge on any atom is 0.261 e. The molecule has 2 aromatic rings. The number of amides is 1. The van der Waals surface area contributed by atoms with Gasteiger partial charge in [-0.2, -0.15) is 0 Å². The van der Waals surface area contributed by atoms with Crippen molar-refractivity contribution in [1.82, 2.24) is 4.98 Å². The summed E-state index contributed by atoms with van der Waals surface area (Å²) in [4.78, 5) is 27.5. The van der Waals surface area contributed by atoms with Crippen LogP contribution >= 0.6 is 0 Å². The maximum absolute atomic E-state index is 13.6. The molecule has 0 unspecified atom stereocenters. The molecule has 114 valence electrons. The number of fused-ring (bicyclic) bond motifs is 1. The van der Waals surface area contributed by atoms with Crippen LogP contribution in [0, 0.1) is 11.6 Å². The molecule has 0 radical (unpaired) electrons. The molecule has 0 fully saturated rings. The average Bonchev–Trinajstić information content (AvgIpc) is 2.51. The van der Waals surface area contributed by atoms with E-state index in [1.807, 2.05) is 0 Å². The summed E-state index contributed by atoms with van der Waals surface area (Å²) >= 11 is 0. The number of aryl methyl sites for hydroxylation is 1. The lowest BCUT2D eigenvalue weighted by Crippen LogP contribution is -2.27. The van der Waals surface area contributed by atoms with Crippen molar-refractivity contribution in [1.29, 1.82) is 0 Å². The van der Waals surface area contributed by atoms with Gasteiger partial charge in [-0.15, -0.1) is 0 Å². The van der Waals surface area contributed by atoms with Crippen LogP contribution in [0.2, 0.25) is 0 Å². The number of hydrogen-bond donors (Lipinski definition) is 2. The minimum Gasteiger partial charge on any atom is -0.364 e. The van der Waals surface area contributed by atoms with Crippen LogP contribution in [0.3, 0.4) is 0 Å². The highest BCUT2D eigenvalue weighted by atomic mass is 19.1. The summed E-state index contributed by atoms with van der Waals surface area (Å²) < 4.78 is 27.1. The number of H-pyrrole nitrogens is 1. The van der Waals surface area contributed by atoms with Crippen molar-refractivity contribution < 1.29 is 13.6 Å². The van der Waals surface area contributed by atoms with Crippen LogP contribution in [-0.4, -0.2) is 10.9 Å². The number of para-hydroxylation sites is 1. The zero-order chi connectivity index (χ0) is 15.7. The Labute approximate surface area is 125 Å². The van der Waals surface area contributed by atoms with Crippen LogP contribution in [0.1, 0.15) is 34.5 Å². The third-order valence-electron chi connectivity index (χ3n) is 3.82. The number of rotatable bonds is 2. The minimum atomic E-state index is -0.886. The Morgan fingerprint density at radius 2 is 1.82 bits per heavy atom. The van der Waals surface area contributed by atoms with Crippen LogP contribution in [0.4, 0.5) is 14.5 Å². The van der Waals surface area contributed by atoms with E-state index in [2.05, 4.69) is 10.3 Å². The highest BCUT2D eigenvalue weighted by Gasteiger charge is 2.20. The molecule has 22 heavy (non-hydrogen) atoms. The van der Waals surface area contributed by atoms with E-state index in [0.29, 0.717) is 12.0 Å². The molecule has 0 saturated carbocycles. The van der Waals surface area contributed by atoms with E-state index in [9.17, 15) is 18.4 Å². The highest BCUT2D eigenvalue weighted by molar-refractivity contribution is 6.04. The van der Waals surface area contributed by atoms with Gasteiger partial charge in [0.1, 0.15) is 22.9 Å². The fraction of sp³-hybridized carbons (Fsp3) is 0.250. The largest absolute Gasteiger partial charge is 0.364 e. The number of nitrogens with one attached hydrogen (secondary N) is 2. The van der Waals surface area contributed by atoms with Gasteiger partial charge in [0, 0.05) is 17.5 Å². The number of pyridine rings is 1. The summed E-state index contributed by atoms with van der Waals surface area (Å²) in [7, 11) is 0. The molecule has 0 saturated heterocycles. The molecule has 0 atom stereocenters. The van der Waals surface area contributed by atoms with Crippen molar-refractivity contribution in [2.24, 2.45) is 0 Å². The molecule has 0 spiro atoms. The smallest absolute Gasteiger partial charge is 0.261 e. The Hall–Kier alpha value is -2.50. The van der Waals surface area contributed by atoms with Crippen LogP contribution < -0.4 is 10.7 Å². The van der Waals surface area contributed by atoms with E-state index >= 15 is 0 Å². The first kappa shape index (κ1) is 14.4. The zero-order valence-electron chi connectivity index (χ0n) is 11.7. The van der Waals surface area contributed by atoms with E-state index in [-0.39, 0.29) is 11.0 Å². The monoisotopic (exact) mass is 304 g/mol. The molecule has 2 N–H and O–H groups in total. The summed E-state index contributed by atoms with van der Waals surface area (Å²) in [5.41, 5.74) is 0.369. The molecule has 1 aliphatic rings. The van der Waals surface area contributed by atoms with Gasteiger partial charge in [-0.1, -0.05) is 6.07 Å². The van der Waals surface area contributed by atoms with Crippen molar-refractivity contribution in [2.75, 3.05) is 5.32 Å². The Morgan fingerprint density at radius 1 is 1.14 bits per heavy atom. The molecule has 1 heterocycles. The van der Waals surface area contributed by atoms with Crippen molar-refractivity contribution in [2.45, 2.75) is 25.7 Å². The van der Waals surface area contributed by atoms with Gasteiger partial charge in [0.25, 0.3) is 5.91 Å². The average molecular weight is 304 g/mol. The number of aromatic amines is 1. The first-order valence-corrected chi connectivity index (χ1v) is 7.06. The zero-order valence-corrected chi connectivity index (χ0v) is 11.7. The van der Waals surface area contributed by atoms with Crippen molar-refractivity contribution >= 4 is 11.6 Å². The van der Waals surface area contributed by atoms with Crippen molar-refractivity contribution in [3.63, 3.8) is 0 Å². The van der Waals surface area contributed by atoms with Gasteiger partial charge in [0.2, 0.25) is 0 Å². The molecule has 0 bridgehead atoms. The van der Waals surface area contributed by atoms with Crippen molar-refractivity contribution in [3.8, 4) is 0 Å². The topological polar surface area (TPSA) is 62.0 Å². The molecule has 6 heteroatoms. The van der Waals surface area contributed by atoms with Gasteiger partial charge in [0.05, 0.1) is 0 Å². The predicted octanol–water partition coefficient (Wildman–Crippen LogP) is 2.78. The van der Waals surface area contributed by atoms with Gasteiger partial charge in [-0.05, 0) is 37.8 Å². The Bertz CT molecular complexity index is 779. The number of halogens is 2. The predicted molar refractivity (Wildman–Crippen MR) is 78.0 cm³/mol. The highest BCUT2D eigenvalue weighted by Crippen LogP contribution is 2.20. The quantitative estimate of drug-likeness (QED) is 0.896. The summed E-state index contributed by atoms with van der Waals surface area (Å²) in [5, 5.41) is 2.13. The number of aromatic nitrogens is 1. The van der Waals surface area contributed by atoms with Gasteiger partial charge in [0.15, 0.2) is 5.43 Å². The first-order chi connectivity index (χ1) is 10.6. The lowest BCUT2D eigenvalue weighted by molar-refractivity contribution is 0.102.